The van der Waals surface area contributed by atoms with Crippen molar-refractivity contribution < 1.29 is 4.74 Å². The van der Waals surface area contributed by atoms with E-state index >= 15 is 0 Å². The fraction of sp³-hybridized carbons (Fsp3) is 0. The quantitative estimate of drug-likeness (QED) is 0.719. The van der Waals surface area contributed by atoms with Crippen molar-refractivity contribution >= 4 is 11.6 Å². The Hall–Kier alpha value is -2.30. The third kappa shape index (κ3) is 2.14. The van der Waals surface area contributed by atoms with Gasteiger partial charge < -0.3 is 16.2 Å². The first-order valence-corrected chi connectivity index (χ1v) is 4.36. The minimum atomic E-state index is 0.169. The van der Waals surface area contributed by atoms with Crippen LogP contribution in [0.2, 0.25) is 0 Å². The van der Waals surface area contributed by atoms with E-state index in [1.165, 1.54) is 6.20 Å². The van der Waals surface area contributed by atoms with Crippen LogP contribution < -0.4 is 16.2 Å². The molecule has 2 aromatic rings. The van der Waals surface area contributed by atoms with Gasteiger partial charge in [0.05, 0.1) is 5.69 Å². The standard InChI is InChI=1S/C10H10N4O/c11-7-3-1-2-4-8(7)15-9-5-6-13-10(12)14-9/h1-6H,11H2,(H2,12,13,14). The molecule has 0 atom stereocenters. The maximum Gasteiger partial charge on any atom is 0.224 e. The second kappa shape index (κ2) is 3.83. The molecule has 5 heteroatoms. The number of anilines is 2. The molecule has 1 aromatic heterocycles. The minimum Gasteiger partial charge on any atom is -0.437 e. The van der Waals surface area contributed by atoms with Crippen LogP contribution in [0.15, 0.2) is 36.5 Å². The summed E-state index contributed by atoms with van der Waals surface area (Å²) in [4.78, 5) is 7.66. The summed E-state index contributed by atoms with van der Waals surface area (Å²) < 4.78 is 5.43. The summed E-state index contributed by atoms with van der Waals surface area (Å²) >= 11 is 0. The Morgan fingerprint density at radius 1 is 1.07 bits per heavy atom. The Labute approximate surface area is 86.7 Å². The van der Waals surface area contributed by atoms with Crippen molar-refractivity contribution in [2.75, 3.05) is 11.5 Å². The number of nitrogens with two attached hydrogens (primary N) is 2. The number of hydrogen-bond donors (Lipinski definition) is 2. The Bertz CT molecular complexity index is 472. The highest BCUT2D eigenvalue weighted by Crippen LogP contribution is 2.25. The van der Waals surface area contributed by atoms with E-state index in [-0.39, 0.29) is 5.95 Å². The van der Waals surface area contributed by atoms with Crippen LogP contribution in [0.25, 0.3) is 0 Å². The molecular weight excluding hydrogens is 192 g/mol. The Morgan fingerprint density at radius 3 is 2.60 bits per heavy atom. The molecule has 0 saturated carbocycles. The van der Waals surface area contributed by atoms with Crippen molar-refractivity contribution in [3.63, 3.8) is 0 Å². The predicted octanol–water partition coefficient (Wildman–Crippen LogP) is 1.43. The molecule has 0 spiro atoms. The van der Waals surface area contributed by atoms with E-state index in [9.17, 15) is 0 Å². The van der Waals surface area contributed by atoms with Gasteiger partial charge in [0.25, 0.3) is 0 Å². The summed E-state index contributed by atoms with van der Waals surface area (Å²) in [5, 5.41) is 0. The Kier molecular flexibility index (Phi) is 2.37. The van der Waals surface area contributed by atoms with Crippen LogP contribution in [0, 0.1) is 0 Å². The highest BCUT2D eigenvalue weighted by molar-refractivity contribution is 5.53. The molecule has 0 fully saturated rings. The van der Waals surface area contributed by atoms with Gasteiger partial charge in [0.15, 0.2) is 5.75 Å². The molecule has 0 unspecified atom stereocenters. The molecule has 0 saturated heterocycles. The number of benzene rings is 1. The lowest BCUT2D eigenvalue weighted by atomic mass is 10.3. The lowest BCUT2D eigenvalue weighted by Crippen LogP contribution is -1.97. The summed E-state index contributed by atoms with van der Waals surface area (Å²) in [5.74, 6) is 1.10. The first-order valence-electron chi connectivity index (χ1n) is 4.36. The monoisotopic (exact) mass is 202 g/mol. The van der Waals surface area contributed by atoms with E-state index in [2.05, 4.69) is 9.97 Å². The summed E-state index contributed by atoms with van der Waals surface area (Å²) in [5.41, 5.74) is 11.7. The van der Waals surface area contributed by atoms with Crippen LogP contribution in [0.4, 0.5) is 11.6 Å². The van der Waals surface area contributed by atoms with Crippen molar-refractivity contribution in [2.24, 2.45) is 0 Å². The van der Waals surface area contributed by atoms with Gasteiger partial charge in [-0.15, -0.1) is 0 Å². The number of rotatable bonds is 2. The molecule has 0 bridgehead atoms. The SMILES string of the molecule is Nc1nccc(Oc2ccccc2N)n1. The van der Waals surface area contributed by atoms with Gasteiger partial charge in [0, 0.05) is 12.3 Å². The number of para-hydroxylation sites is 2. The molecule has 2 rings (SSSR count). The Balaban J connectivity index is 2.26. The molecule has 1 aromatic carbocycles. The van der Waals surface area contributed by atoms with E-state index in [0.717, 1.165) is 0 Å². The summed E-state index contributed by atoms with van der Waals surface area (Å²) in [6.07, 6.45) is 1.52. The largest absolute Gasteiger partial charge is 0.437 e. The first-order chi connectivity index (χ1) is 7.25. The van der Waals surface area contributed by atoms with Crippen LogP contribution in [0.3, 0.4) is 0 Å². The molecule has 0 aliphatic carbocycles. The molecule has 0 aliphatic heterocycles. The normalized spacial score (nSPS) is 9.87. The molecular formula is C10H10N4O. The number of hydrogen-bond acceptors (Lipinski definition) is 5. The average molecular weight is 202 g/mol. The molecule has 76 valence electrons. The van der Waals surface area contributed by atoms with E-state index in [0.29, 0.717) is 17.3 Å². The van der Waals surface area contributed by atoms with Gasteiger partial charge in [0.1, 0.15) is 0 Å². The van der Waals surface area contributed by atoms with Crippen molar-refractivity contribution in [3.8, 4) is 11.6 Å². The highest BCUT2D eigenvalue weighted by Gasteiger charge is 2.02. The van der Waals surface area contributed by atoms with E-state index in [1.807, 2.05) is 12.1 Å². The first kappa shape index (κ1) is 9.26. The molecule has 1 heterocycles. The minimum absolute atomic E-state index is 0.169. The fourth-order valence-electron chi connectivity index (χ4n) is 1.10. The number of aromatic nitrogens is 2. The summed E-state index contributed by atoms with van der Waals surface area (Å²) in [6, 6.07) is 8.78. The van der Waals surface area contributed by atoms with Crippen molar-refractivity contribution in [1.82, 2.24) is 9.97 Å². The predicted molar refractivity (Wildman–Crippen MR) is 57.4 cm³/mol. The third-order valence-electron chi connectivity index (χ3n) is 1.78. The number of ether oxygens (including phenoxy) is 1. The van der Waals surface area contributed by atoms with Crippen molar-refractivity contribution in [1.29, 1.82) is 0 Å². The Morgan fingerprint density at radius 2 is 1.87 bits per heavy atom. The smallest absolute Gasteiger partial charge is 0.224 e. The van der Waals surface area contributed by atoms with E-state index < -0.39 is 0 Å². The fourth-order valence-corrected chi connectivity index (χ4v) is 1.10. The number of nitrogen functional groups attached to an aromatic ring is 2. The van der Waals surface area contributed by atoms with Crippen LogP contribution in [-0.2, 0) is 0 Å². The molecule has 0 aliphatic rings. The van der Waals surface area contributed by atoms with Crippen LogP contribution >= 0.6 is 0 Å². The molecule has 0 radical (unpaired) electrons. The van der Waals surface area contributed by atoms with E-state index in [1.54, 1.807) is 18.2 Å². The zero-order valence-electron chi connectivity index (χ0n) is 7.92. The topological polar surface area (TPSA) is 87.0 Å². The maximum absolute atomic E-state index is 5.71. The van der Waals surface area contributed by atoms with E-state index in [4.69, 9.17) is 16.2 Å². The average Bonchev–Trinajstić information content (AvgIpc) is 2.22. The molecule has 0 amide bonds. The van der Waals surface area contributed by atoms with Crippen LogP contribution in [-0.4, -0.2) is 9.97 Å². The second-order valence-corrected chi connectivity index (χ2v) is 2.89. The lowest BCUT2D eigenvalue weighted by Gasteiger charge is -2.06. The van der Waals surface area contributed by atoms with Gasteiger partial charge in [-0.2, -0.15) is 4.98 Å². The van der Waals surface area contributed by atoms with Gasteiger partial charge in [-0.3, -0.25) is 0 Å². The molecule has 15 heavy (non-hydrogen) atoms. The second-order valence-electron chi connectivity index (χ2n) is 2.89. The van der Waals surface area contributed by atoms with Gasteiger partial charge in [-0.05, 0) is 12.1 Å². The zero-order valence-corrected chi connectivity index (χ0v) is 7.92. The number of nitrogens with zero attached hydrogens (tertiary/aromatic N) is 2. The third-order valence-corrected chi connectivity index (χ3v) is 1.78. The van der Waals surface area contributed by atoms with Gasteiger partial charge in [-0.25, -0.2) is 4.98 Å². The summed E-state index contributed by atoms with van der Waals surface area (Å²) in [6.45, 7) is 0. The van der Waals surface area contributed by atoms with Crippen LogP contribution in [0.5, 0.6) is 11.6 Å². The van der Waals surface area contributed by atoms with Crippen molar-refractivity contribution in [2.45, 2.75) is 0 Å². The van der Waals surface area contributed by atoms with Gasteiger partial charge in [0.2, 0.25) is 11.8 Å². The molecule has 5 nitrogen and oxygen atoms in total. The van der Waals surface area contributed by atoms with Gasteiger partial charge >= 0.3 is 0 Å². The zero-order chi connectivity index (χ0) is 10.7. The highest BCUT2D eigenvalue weighted by atomic mass is 16.5. The lowest BCUT2D eigenvalue weighted by molar-refractivity contribution is 0.465. The van der Waals surface area contributed by atoms with Gasteiger partial charge in [-0.1, -0.05) is 12.1 Å². The van der Waals surface area contributed by atoms with Crippen molar-refractivity contribution in [3.05, 3.63) is 36.5 Å². The molecule has 4 N–H and O–H groups in total. The summed E-state index contributed by atoms with van der Waals surface area (Å²) in [7, 11) is 0. The maximum atomic E-state index is 5.71. The van der Waals surface area contributed by atoms with Crippen LogP contribution in [0.1, 0.15) is 0 Å².